The van der Waals surface area contributed by atoms with Gasteiger partial charge in [0.05, 0.1) is 11.0 Å². The molecule has 2 aromatic rings. The van der Waals surface area contributed by atoms with Crippen molar-refractivity contribution in [3.8, 4) is 11.8 Å². The van der Waals surface area contributed by atoms with Gasteiger partial charge in [-0.15, -0.1) is 0 Å². The third-order valence-corrected chi connectivity index (χ3v) is 7.79. The van der Waals surface area contributed by atoms with Crippen molar-refractivity contribution >= 4 is 28.8 Å². The highest BCUT2D eigenvalue weighted by Gasteiger charge is 2.31. The van der Waals surface area contributed by atoms with Crippen molar-refractivity contribution in [3.05, 3.63) is 34.2 Å². The predicted octanol–water partition coefficient (Wildman–Crippen LogP) is 2.49. The van der Waals surface area contributed by atoms with E-state index in [1.165, 1.54) is 28.4 Å². The van der Waals surface area contributed by atoms with Gasteiger partial charge in [0.2, 0.25) is 17.7 Å². The van der Waals surface area contributed by atoms with E-state index in [1.54, 1.807) is 7.05 Å². The molecule has 184 valence electrons. The second-order valence-electron chi connectivity index (χ2n) is 10.1. The van der Waals surface area contributed by atoms with Gasteiger partial charge in [-0.3, -0.25) is 28.8 Å². The van der Waals surface area contributed by atoms with E-state index in [0.717, 1.165) is 44.3 Å². The molecule has 0 radical (unpaired) electrons. The molecule has 3 fully saturated rings. The van der Waals surface area contributed by atoms with Crippen molar-refractivity contribution < 1.29 is 14.4 Å². The molecular weight excluding hydrogens is 444 g/mol. The van der Waals surface area contributed by atoms with Crippen LogP contribution in [0.1, 0.15) is 69.4 Å². The summed E-state index contributed by atoms with van der Waals surface area (Å²) in [6.07, 6.45) is 7.97. The largest absolute Gasteiger partial charge is 0.342 e. The number of piperidine rings is 2. The fourth-order valence-corrected chi connectivity index (χ4v) is 5.71. The number of nitrogens with zero attached hydrogens (tertiary/aromatic N) is 3. The Morgan fingerprint density at radius 1 is 0.971 bits per heavy atom. The minimum absolute atomic E-state index is 0.216. The summed E-state index contributed by atoms with van der Waals surface area (Å²) >= 11 is 0. The number of carbonyl (C=O) groups excluding carboxylic acids is 3. The zero-order valence-corrected chi connectivity index (χ0v) is 20.2. The van der Waals surface area contributed by atoms with Gasteiger partial charge in [0, 0.05) is 44.0 Å². The van der Waals surface area contributed by atoms with Crippen LogP contribution in [-0.2, 0) is 21.4 Å². The lowest BCUT2D eigenvalue weighted by Crippen LogP contribution is -2.44. The first kappa shape index (κ1) is 23.4. The Labute approximate surface area is 204 Å². The summed E-state index contributed by atoms with van der Waals surface area (Å²) in [5, 5.41) is 2.33. The molecule has 35 heavy (non-hydrogen) atoms. The maximum absolute atomic E-state index is 12.9. The number of hydrogen-bond donors (Lipinski definition) is 1. The quantitative estimate of drug-likeness (QED) is 0.532. The topological polar surface area (TPSA) is 93.4 Å². The number of nitrogens with one attached hydrogen (secondary N) is 1. The van der Waals surface area contributed by atoms with E-state index in [9.17, 15) is 19.2 Å². The van der Waals surface area contributed by atoms with Crippen molar-refractivity contribution in [1.29, 1.82) is 0 Å². The molecule has 3 heterocycles. The second-order valence-corrected chi connectivity index (χ2v) is 10.1. The molecule has 0 spiro atoms. The summed E-state index contributed by atoms with van der Waals surface area (Å²) < 4.78 is 3.01. The molecule has 8 nitrogen and oxygen atoms in total. The second kappa shape index (κ2) is 9.73. The fraction of sp³-hybridized carbons (Fsp3) is 0.556. The van der Waals surface area contributed by atoms with Crippen LogP contribution in [0.25, 0.3) is 11.0 Å². The van der Waals surface area contributed by atoms with Gasteiger partial charge in [-0.05, 0) is 50.3 Å². The lowest BCUT2D eigenvalue weighted by atomic mass is 9.87. The molecule has 0 bridgehead atoms. The number of aromatic nitrogens is 2. The predicted molar refractivity (Wildman–Crippen MR) is 131 cm³/mol. The molecule has 2 aliphatic heterocycles. The van der Waals surface area contributed by atoms with Gasteiger partial charge in [0.15, 0.2) is 0 Å². The summed E-state index contributed by atoms with van der Waals surface area (Å²) in [5.74, 6) is 6.70. The van der Waals surface area contributed by atoms with Crippen LogP contribution >= 0.6 is 0 Å². The fourth-order valence-electron chi connectivity index (χ4n) is 5.71. The molecular formula is C27H32N4O4. The van der Waals surface area contributed by atoms with Crippen LogP contribution in [0.15, 0.2) is 23.0 Å². The average Bonchev–Trinajstić information content (AvgIpc) is 3.12. The molecule has 1 aromatic heterocycles. The number of amides is 3. The van der Waals surface area contributed by atoms with Crippen LogP contribution in [0, 0.1) is 23.7 Å². The molecule has 1 aliphatic carbocycles. The van der Waals surface area contributed by atoms with E-state index in [4.69, 9.17) is 0 Å². The first-order valence-corrected chi connectivity index (χ1v) is 12.8. The lowest BCUT2D eigenvalue weighted by Gasteiger charge is -2.33. The van der Waals surface area contributed by atoms with Crippen LogP contribution in [0.4, 0.5) is 0 Å². The van der Waals surface area contributed by atoms with E-state index in [2.05, 4.69) is 17.2 Å². The highest BCUT2D eigenvalue weighted by atomic mass is 16.2. The Morgan fingerprint density at radius 3 is 2.43 bits per heavy atom. The summed E-state index contributed by atoms with van der Waals surface area (Å²) in [6, 6.07) is 4.89. The highest BCUT2D eigenvalue weighted by molar-refractivity contribution is 6.00. The molecule has 8 heteroatoms. The average molecular weight is 477 g/mol. The summed E-state index contributed by atoms with van der Waals surface area (Å²) in [7, 11) is 1.68. The van der Waals surface area contributed by atoms with Gasteiger partial charge < -0.3 is 4.90 Å². The number of benzene rings is 1. The van der Waals surface area contributed by atoms with Crippen LogP contribution < -0.4 is 11.0 Å². The van der Waals surface area contributed by atoms with E-state index in [-0.39, 0.29) is 29.9 Å². The third kappa shape index (κ3) is 4.64. The van der Waals surface area contributed by atoms with Crippen molar-refractivity contribution in [1.82, 2.24) is 19.4 Å². The molecule has 3 aliphatic rings. The van der Waals surface area contributed by atoms with E-state index < -0.39 is 11.9 Å². The number of imidazole rings is 1. The first-order chi connectivity index (χ1) is 16.9. The van der Waals surface area contributed by atoms with Gasteiger partial charge >= 0.3 is 5.69 Å². The van der Waals surface area contributed by atoms with Crippen molar-refractivity contribution in [2.75, 3.05) is 13.1 Å². The summed E-state index contributed by atoms with van der Waals surface area (Å²) in [4.78, 5) is 51.6. The molecule has 5 rings (SSSR count). The lowest BCUT2D eigenvalue weighted by molar-refractivity contribution is -0.138. The summed E-state index contributed by atoms with van der Waals surface area (Å²) in [5.41, 5.74) is 1.90. The molecule has 1 atom stereocenters. The van der Waals surface area contributed by atoms with Crippen LogP contribution in [-0.4, -0.2) is 44.8 Å². The molecule has 2 saturated heterocycles. The van der Waals surface area contributed by atoms with Gasteiger partial charge in [0.25, 0.3) is 0 Å². The van der Waals surface area contributed by atoms with Gasteiger partial charge in [0.1, 0.15) is 6.04 Å². The van der Waals surface area contributed by atoms with Crippen molar-refractivity contribution in [2.45, 2.75) is 63.8 Å². The van der Waals surface area contributed by atoms with Gasteiger partial charge in [-0.25, -0.2) is 4.79 Å². The molecule has 3 amide bonds. The Morgan fingerprint density at radius 2 is 1.71 bits per heavy atom. The number of imide groups is 1. The number of hydrogen-bond acceptors (Lipinski definition) is 4. The van der Waals surface area contributed by atoms with Crippen molar-refractivity contribution in [2.24, 2.45) is 18.9 Å². The Bertz CT molecular complexity index is 1280. The van der Waals surface area contributed by atoms with E-state index in [1.807, 2.05) is 23.1 Å². The van der Waals surface area contributed by atoms with Gasteiger partial charge in [-0.2, -0.15) is 0 Å². The minimum Gasteiger partial charge on any atom is -0.342 e. The third-order valence-electron chi connectivity index (χ3n) is 7.79. The Hall–Kier alpha value is -3.34. The van der Waals surface area contributed by atoms with E-state index >= 15 is 0 Å². The zero-order chi connectivity index (χ0) is 24.5. The smallest absolute Gasteiger partial charge is 0.329 e. The monoisotopic (exact) mass is 476 g/mol. The Kier molecular flexibility index (Phi) is 6.50. The Balaban J connectivity index is 1.28. The van der Waals surface area contributed by atoms with Crippen LogP contribution in [0.2, 0.25) is 0 Å². The molecule has 1 saturated carbocycles. The summed E-state index contributed by atoms with van der Waals surface area (Å²) in [6.45, 7) is 1.55. The highest BCUT2D eigenvalue weighted by Crippen LogP contribution is 2.28. The standard InChI is InChI=1S/C27H32N4O4/c1-29-23-17-19(9-10-21(23)31(27(29)35)22-11-12-24(32)28-25(22)33)8-7-18-13-15-30(16-14-18)26(34)20-5-3-2-4-6-20/h9-10,17-18,20,22H,2-6,11-16H2,1H3,(H,28,32,33). The zero-order valence-electron chi connectivity index (χ0n) is 20.2. The number of aryl methyl sites for hydroxylation is 1. The first-order valence-electron chi connectivity index (χ1n) is 12.8. The van der Waals surface area contributed by atoms with Gasteiger partial charge in [-0.1, -0.05) is 31.1 Å². The maximum atomic E-state index is 12.9. The minimum atomic E-state index is -0.692. The molecule has 1 unspecified atom stereocenters. The number of rotatable bonds is 2. The number of likely N-dealkylation sites (tertiary alicyclic amines) is 1. The number of carbonyl (C=O) groups is 3. The molecule has 1 N–H and O–H groups in total. The number of fused-ring (bicyclic) bond motifs is 1. The SMILES string of the molecule is Cn1c(=O)n(C2CCC(=O)NC2=O)c2ccc(C#CC3CCN(C(=O)C4CCCCC4)CC3)cc21. The maximum Gasteiger partial charge on any atom is 0.329 e. The normalized spacial score (nSPS) is 22.1. The van der Waals surface area contributed by atoms with Crippen LogP contribution in [0.3, 0.4) is 0 Å². The van der Waals surface area contributed by atoms with E-state index in [0.29, 0.717) is 23.4 Å². The molecule has 1 aromatic carbocycles. The van der Waals surface area contributed by atoms with Crippen molar-refractivity contribution in [3.63, 3.8) is 0 Å². The van der Waals surface area contributed by atoms with Crippen LogP contribution in [0.5, 0.6) is 0 Å².